The largest absolute Gasteiger partial charge is 0.341 e. The van der Waals surface area contributed by atoms with Crippen LogP contribution < -0.4 is 0 Å². The maximum Gasteiger partial charge on any atom is 0.341 e. The van der Waals surface area contributed by atoms with Gasteiger partial charge in [-0.05, 0) is 35.3 Å². The molecule has 15 heavy (non-hydrogen) atoms. The Labute approximate surface area is 111 Å². The van der Waals surface area contributed by atoms with Crippen molar-refractivity contribution in [3.05, 3.63) is 0 Å². The number of hydrogen-bond acceptors (Lipinski definition) is 3. The van der Waals surface area contributed by atoms with Crippen molar-refractivity contribution in [2.45, 2.75) is 39.5 Å². The van der Waals surface area contributed by atoms with Gasteiger partial charge in [-0.1, -0.05) is 50.6 Å². The lowest BCUT2D eigenvalue weighted by Crippen LogP contribution is -1.99. The van der Waals surface area contributed by atoms with Gasteiger partial charge in [-0.15, -0.1) is 3.48 Å². The zero-order valence-corrected chi connectivity index (χ0v) is 13.2. The average Bonchev–Trinajstić information content (AvgIpc) is 2.14. The van der Waals surface area contributed by atoms with Crippen LogP contribution in [0.1, 0.15) is 39.5 Å². The average molecular weight is 310 g/mol. The van der Waals surface area contributed by atoms with Crippen molar-refractivity contribution in [3.63, 3.8) is 0 Å². The zero-order chi connectivity index (χ0) is 11.7. The van der Waals surface area contributed by atoms with Crippen molar-refractivity contribution in [2.24, 2.45) is 0 Å². The molecule has 0 aliphatic carbocycles. The molecule has 0 aromatic carbocycles. The van der Waals surface area contributed by atoms with E-state index in [9.17, 15) is 4.57 Å². The first kappa shape index (κ1) is 16.5. The number of rotatable bonds is 9. The highest BCUT2D eigenvalue weighted by Gasteiger charge is 2.26. The molecule has 0 bridgehead atoms. The molecule has 0 amide bonds. The van der Waals surface area contributed by atoms with Gasteiger partial charge in [0.1, 0.15) is 0 Å². The lowest BCUT2D eigenvalue weighted by atomic mass is 10.4. The van der Waals surface area contributed by atoms with Crippen LogP contribution in [0, 0.1) is 0 Å². The highest BCUT2D eigenvalue weighted by molar-refractivity contribution is 8.26. The third-order valence-corrected chi connectivity index (χ3v) is 8.04. The van der Waals surface area contributed by atoms with Crippen LogP contribution in [0.5, 0.6) is 0 Å². The molecule has 92 valence electrons. The second kappa shape index (κ2) is 9.49. The van der Waals surface area contributed by atoms with Gasteiger partial charge >= 0.3 is 6.00 Å². The Morgan fingerprint density at radius 2 is 1.47 bits per heavy atom. The SMILES string of the molecule is CCCCSN(SCCCC)P(=O)(Cl)Cl. The molecule has 7 heteroatoms. The lowest BCUT2D eigenvalue weighted by molar-refractivity contribution is 0.585. The Kier molecular flexibility index (Phi) is 10.4. The summed E-state index contributed by atoms with van der Waals surface area (Å²) in [6.45, 7) is 4.24. The van der Waals surface area contributed by atoms with Crippen molar-refractivity contribution < 1.29 is 4.57 Å². The molecule has 0 saturated heterocycles. The minimum atomic E-state index is -3.15. The highest BCUT2D eigenvalue weighted by atomic mass is 35.9. The maximum absolute atomic E-state index is 11.5. The Bertz CT molecular complexity index is 193. The molecular formula is C8H18Cl2NOPS2. The summed E-state index contributed by atoms with van der Waals surface area (Å²) < 4.78 is 13.1. The highest BCUT2D eigenvalue weighted by Crippen LogP contribution is 2.65. The molecule has 0 N–H and O–H groups in total. The van der Waals surface area contributed by atoms with E-state index in [1.165, 1.54) is 23.9 Å². The molecule has 0 aromatic rings. The molecule has 0 spiro atoms. The fourth-order valence-corrected chi connectivity index (χ4v) is 5.78. The molecule has 0 aliphatic heterocycles. The monoisotopic (exact) mass is 309 g/mol. The lowest BCUT2D eigenvalue weighted by Gasteiger charge is -2.19. The Hall–Kier alpha value is 1.47. The second-order valence-electron chi connectivity index (χ2n) is 3.05. The molecule has 0 heterocycles. The van der Waals surface area contributed by atoms with E-state index < -0.39 is 6.00 Å². The standard InChI is InChI=1S/C8H18Cl2NOPS2/c1-3-5-7-14-11(13(9,10)12)15-8-6-4-2/h3-8H2,1-2H3. The van der Waals surface area contributed by atoms with Crippen molar-refractivity contribution in [2.75, 3.05) is 11.5 Å². The molecule has 0 fully saturated rings. The van der Waals surface area contributed by atoms with E-state index in [0.717, 1.165) is 37.2 Å². The number of nitrogens with zero attached hydrogens (tertiary/aromatic N) is 1. The minimum Gasteiger partial charge on any atom is -0.269 e. The Morgan fingerprint density at radius 1 is 1.07 bits per heavy atom. The molecule has 0 aromatic heterocycles. The normalized spacial score (nSPS) is 12.3. The summed E-state index contributed by atoms with van der Waals surface area (Å²) in [6.07, 6.45) is 4.41. The van der Waals surface area contributed by atoms with Crippen molar-refractivity contribution in [3.8, 4) is 0 Å². The zero-order valence-electron chi connectivity index (χ0n) is 9.12. The molecule has 0 unspecified atom stereocenters. The van der Waals surface area contributed by atoms with Gasteiger partial charge in [-0.2, -0.15) is 0 Å². The number of hydrogen-bond donors (Lipinski definition) is 0. The summed E-state index contributed by atoms with van der Waals surface area (Å²) in [5.41, 5.74) is 0. The van der Waals surface area contributed by atoms with Crippen molar-refractivity contribution >= 4 is 52.4 Å². The van der Waals surface area contributed by atoms with Crippen LogP contribution in [-0.4, -0.2) is 15.0 Å². The van der Waals surface area contributed by atoms with Crippen LogP contribution in [0.4, 0.5) is 0 Å². The first-order valence-electron chi connectivity index (χ1n) is 5.08. The van der Waals surface area contributed by atoms with Gasteiger partial charge < -0.3 is 0 Å². The van der Waals surface area contributed by atoms with Crippen molar-refractivity contribution in [1.82, 2.24) is 3.48 Å². The van der Waals surface area contributed by atoms with Gasteiger partial charge in [-0.25, -0.2) is 0 Å². The second-order valence-corrected chi connectivity index (χ2v) is 10.4. The predicted octanol–water partition coefficient (Wildman–Crippen LogP) is 5.77. The number of unbranched alkanes of at least 4 members (excludes halogenated alkanes) is 2. The summed E-state index contributed by atoms with van der Waals surface area (Å²) in [4.78, 5) is 0. The Balaban J connectivity index is 3.91. The van der Waals surface area contributed by atoms with Crippen molar-refractivity contribution in [1.29, 1.82) is 0 Å². The third kappa shape index (κ3) is 9.20. The fraction of sp³-hybridized carbons (Fsp3) is 1.00. The topological polar surface area (TPSA) is 20.3 Å². The van der Waals surface area contributed by atoms with Gasteiger partial charge in [0, 0.05) is 11.5 Å². The third-order valence-electron chi connectivity index (χ3n) is 1.59. The summed E-state index contributed by atoms with van der Waals surface area (Å²) in [5, 5.41) is 0. The van der Waals surface area contributed by atoms with E-state index in [1.807, 2.05) is 0 Å². The smallest absolute Gasteiger partial charge is 0.269 e. The maximum atomic E-state index is 11.5. The van der Waals surface area contributed by atoms with Gasteiger partial charge in [0.25, 0.3) is 0 Å². The van der Waals surface area contributed by atoms with E-state index in [1.54, 1.807) is 3.48 Å². The van der Waals surface area contributed by atoms with Crippen LogP contribution in [0.25, 0.3) is 0 Å². The van der Waals surface area contributed by atoms with Crippen LogP contribution in [0.2, 0.25) is 0 Å². The van der Waals surface area contributed by atoms with Crippen LogP contribution in [-0.2, 0) is 4.57 Å². The molecule has 0 aliphatic rings. The first-order valence-corrected chi connectivity index (χ1v) is 10.4. The van der Waals surface area contributed by atoms with Crippen LogP contribution in [0.3, 0.4) is 0 Å². The molecule has 0 radical (unpaired) electrons. The quantitative estimate of drug-likeness (QED) is 0.306. The van der Waals surface area contributed by atoms with Gasteiger partial charge in [0.05, 0.1) is 0 Å². The predicted molar refractivity (Wildman–Crippen MR) is 75.9 cm³/mol. The van der Waals surface area contributed by atoms with E-state index in [-0.39, 0.29) is 0 Å². The van der Waals surface area contributed by atoms with Gasteiger partial charge in [-0.3, -0.25) is 4.57 Å². The number of halogens is 2. The first-order chi connectivity index (χ1) is 7.02. The van der Waals surface area contributed by atoms with Gasteiger partial charge in [0.2, 0.25) is 0 Å². The van der Waals surface area contributed by atoms with E-state index >= 15 is 0 Å². The molecule has 0 saturated carbocycles. The van der Waals surface area contributed by atoms with Crippen LogP contribution >= 0.6 is 52.4 Å². The van der Waals surface area contributed by atoms with E-state index in [4.69, 9.17) is 22.5 Å². The molecule has 2 nitrogen and oxygen atoms in total. The minimum absolute atomic E-state index is 0.916. The molecule has 0 rings (SSSR count). The molecule has 0 atom stereocenters. The van der Waals surface area contributed by atoms with E-state index in [2.05, 4.69) is 13.8 Å². The summed E-state index contributed by atoms with van der Waals surface area (Å²) >= 11 is 14.3. The van der Waals surface area contributed by atoms with Crippen LogP contribution in [0.15, 0.2) is 0 Å². The fourth-order valence-electron chi connectivity index (χ4n) is 0.746. The Morgan fingerprint density at radius 3 is 1.73 bits per heavy atom. The van der Waals surface area contributed by atoms with Gasteiger partial charge in [0.15, 0.2) is 0 Å². The van der Waals surface area contributed by atoms with E-state index in [0.29, 0.717) is 0 Å². The summed E-state index contributed by atoms with van der Waals surface area (Å²) in [5.74, 6) is -1.32. The summed E-state index contributed by atoms with van der Waals surface area (Å²) in [7, 11) is 0. The summed E-state index contributed by atoms with van der Waals surface area (Å²) in [6, 6.07) is 0. The molecular weight excluding hydrogens is 292 g/mol.